The molecule has 0 aliphatic rings. The van der Waals surface area contributed by atoms with Crippen molar-refractivity contribution in [2.24, 2.45) is 5.10 Å². The highest BCUT2D eigenvalue weighted by Gasteiger charge is 2.29. The first-order valence-corrected chi connectivity index (χ1v) is 6.86. The largest absolute Gasteiger partial charge is 0.447 e. The molecule has 0 saturated carbocycles. The summed E-state index contributed by atoms with van der Waals surface area (Å²) in [6.07, 6.45) is -2.93. The maximum Gasteiger partial charge on any atom is 0.416 e. The molecule has 0 fully saturated rings. The minimum absolute atomic E-state index is 0.443. The quantitative estimate of drug-likeness (QED) is 0.551. The maximum absolute atomic E-state index is 12.4. The summed E-state index contributed by atoms with van der Waals surface area (Å²) >= 11 is 6.43. The van der Waals surface area contributed by atoms with Crippen LogP contribution in [0.2, 0.25) is 0 Å². The summed E-state index contributed by atoms with van der Waals surface area (Å²) < 4.78 is 43.6. The van der Waals surface area contributed by atoms with E-state index in [4.69, 9.17) is 4.42 Å². The Bertz CT molecular complexity index is 601. The fourth-order valence-corrected chi connectivity index (χ4v) is 1.94. The van der Waals surface area contributed by atoms with Gasteiger partial charge in [0.15, 0.2) is 4.67 Å². The number of hydrazone groups is 1. The standard InChI is InChI=1S/C12H7Br2F3N2O/c13-10-5-9(20-11(10)14)6-18-19-8-3-1-7(2-4-8)12(15,16)17/h1-6,19H/b18-6+. The van der Waals surface area contributed by atoms with Gasteiger partial charge in [0.1, 0.15) is 5.76 Å². The number of hydrogen-bond donors (Lipinski definition) is 1. The van der Waals surface area contributed by atoms with Crippen molar-refractivity contribution in [1.29, 1.82) is 0 Å². The topological polar surface area (TPSA) is 37.5 Å². The second-order valence-electron chi connectivity index (χ2n) is 3.72. The predicted molar refractivity (Wildman–Crippen MR) is 76.8 cm³/mol. The Morgan fingerprint density at radius 3 is 2.30 bits per heavy atom. The molecule has 0 atom stereocenters. The summed E-state index contributed by atoms with van der Waals surface area (Å²) in [5.74, 6) is 0.489. The number of anilines is 1. The molecule has 1 aromatic heterocycles. The van der Waals surface area contributed by atoms with Gasteiger partial charge in [-0.25, -0.2) is 0 Å². The number of alkyl halides is 3. The van der Waals surface area contributed by atoms with Crippen LogP contribution < -0.4 is 5.43 Å². The number of furan rings is 1. The van der Waals surface area contributed by atoms with Crippen LogP contribution in [0.3, 0.4) is 0 Å². The molecule has 0 unspecified atom stereocenters. The first-order chi connectivity index (χ1) is 9.36. The van der Waals surface area contributed by atoms with Gasteiger partial charge in [-0.3, -0.25) is 5.43 Å². The summed E-state index contributed by atoms with van der Waals surface area (Å²) in [7, 11) is 0. The molecule has 1 aromatic carbocycles. The van der Waals surface area contributed by atoms with Crippen molar-refractivity contribution in [3.63, 3.8) is 0 Å². The lowest BCUT2D eigenvalue weighted by Crippen LogP contribution is -2.04. The normalized spacial score (nSPS) is 12.1. The highest BCUT2D eigenvalue weighted by atomic mass is 79.9. The van der Waals surface area contributed by atoms with Gasteiger partial charge in [-0.15, -0.1) is 0 Å². The second-order valence-corrected chi connectivity index (χ2v) is 5.29. The minimum Gasteiger partial charge on any atom is -0.447 e. The summed E-state index contributed by atoms with van der Waals surface area (Å²) in [5, 5.41) is 3.87. The predicted octanol–water partition coefficient (Wildman–Crippen LogP) is 5.27. The summed E-state index contributed by atoms with van der Waals surface area (Å²) in [6, 6.07) is 6.26. The number of halogens is 5. The molecular formula is C12H7Br2F3N2O. The van der Waals surface area contributed by atoms with Crippen LogP contribution in [0.4, 0.5) is 18.9 Å². The van der Waals surface area contributed by atoms with Crippen molar-refractivity contribution in [3.05, 3.63) is 50.8 Å². The van der Waals surface area contributed by atoms with Crippen molar-refractivity contribution in [1.82, 2.24) is 0 Å². The maximum atomic E-state index is 12.4. The average molecular weight is 412 g/mol. The Labute approximate surface area is 129 Å². The summed E-state index contributed by atoms with van der Waals surface area (Å²) in [6.45, 7) is 0. The molecule has 3 nitrogen and oxygen atoms in total. The first-order valence-electron chi connectivity index (χ1n) is 5.27. The van der Waals surface area contributed by atoms with Crippen LogP contribution in [-0.2, 0) is 6.18 Å². The lowest BCUT2D eigenvalue weighted by Gasteiger charge is -2.06. The molecule has 0 aliphatic heterocycles. The van der Waals surface area contributed by atoms with Crippen LogP contribution in [0.15, 0.2) is 49.0 Å². The lowest BCUT2D eigenvalue weighted by molar-refractivity contribution is -0.137. The van der Waals surface area contributed by atoms with E-state index in [1.807, 2.05) is 0 Å². The third-order valence-corrected chi connectivity index (χ3v) is 3.97. The van der Waals surface area contributed by atoms with Crippen molar-refractivity contribution < 1.29 is 17.6 Å². The fourth-order valence-electron chi connectivity index (χ4n) is 1.33. The van der Waals surface area contributed by atoms with Crippen LogP contribution in [0, 0.1) is 0 Å². The second kappa shape index (κ2) is 6.01. The summed E-state index contributed by atoms with van der Waals surface area (Å²) in [5.41, 5.74) is 2.35. The monoisotopic (exact) mass is 410 g/mol. The highest BCUT2D eigenvalue weighted by molar-refractivity contribution is 9.13. The molecule has 8 heteroatoms. The fraction of sp³-hybridized carbons (Fsp3) is 0.0833. The van der Waals surface area contributed by atoms with E-state index >= 15 is 0 Å². The minimum atomic E-state index is -4.34. The average Bonchev–Trinajstić information content (AvgIpc) is 2.68. The van der Waals surface area contributed by atoms with E-state index in [1.165, 1.54) is 18.3 Å². The van der Waals surface area contributed by atoms with Crippen LogP contribution in [0.1, 0.15) is 11.3 Å². The Morgan fingerprint density at radius 2 is 1.80 bits per heavy atom. The van der Waals surface area contributed by atoms with Gasteiger partial charge in [-0.05, 0) is 56.1 Å². The van der Waals surface area contributed by atoms with Crippen LogP contribution in [0.5, 0.6) is 0 Å². The molecule has 0 bridgehead atoms. The Kier molecular flexibility index (Phi) is 4.54. The molecular weight excluding hydrogens is 405 g/mol. The van der Waals surface area contributed by atoms with E-state index in [1.54, 1.807) is 6.07 Å². The molecule has 1 heterocycles. The number of nitrogens with one attached hydrogen (secondary N) is 1. The third-order valence-electron chi connectivity index (χ3n) is 2.26. The lowest BCUT2D eigenvalue weighted by atomic mass is 10.2. The molecule has 0 aliphatic carbocycles. The van der Waals surface area contributed by atoms with Gasteiger partial charge in [0.2, 0.25) is 0 Å². The summed E-state index contributed by atoms with van der Waals surface area (Å²) in [4.78, 5) is 0. The Balaban J connectivity index is 2.00. The van der Waals surface area contributed by atoms with Gasteiger partial charge in [0.25, 0.3) is 0 Å². The molecule has 0 saturated heterocycles. The van der Waals surface area contributed by atoms with Crippen molar-refractivity contribution in [2.75, 3.05) is 5.43 Å². The molecule has 2 rings (SSSR count). The van der Waals surface area contributed by atoms with Crippen molar-refractivity contribution in [2.45, 2.75) is 6.18 Å². The first kappa shape index (κ1) is 15.1. The molecule has 106 valence electrons. The highest BCUT2D eigenvalue weighted by Crippen LogP contribution is 2.30. The Hall–Kier alpha value is -1.28. The zero-order valence-corrected chi connectivity index (χ0v) is 12.9. The zero-order valence-electron chi connectivity index (χ0n) is 9.71. The van der Waals surface area contributed by atoms with Crippen LogP contribution in [-0.4, -0.2) is 6.21 Å². The Morgan fingerprint density at radius 1 is 1.15 bits per heavy atom. The molecule has 0 amide bonds. The molecule has 0 spiro atoms. The van der Waals surface area contributed by atoms with Gasteiger partial charge in [-0.1, -0.05) is 0 Å². The van der Waals surface area contributed by atoms with E-state index in [-0.39, 0.29) is 0 Å². The number of hydrogen-bond acceptors (Lipinski definition) is 3. The van der Waals surface area contributed by atoms with Gasteiger partial charge in [-0.2, -0.15) is 18.3 Å². The van der Waals surface area contributed by atoms with Crippen LogP contribution >= 0.6 is 31.9 Å². The van der Waals surface area contributed by atoms with E-state index in [9.17, 15) is 13.2 Å². The smallest absolute Gasteiger partial charge is 0.416 e. The molecule has 2 aromatic rings. The van der Waals surface area contributed by atoms with E-state index in [2.05, 4.69) is 42.4 Å². The third kappa shape index (κ3) is 3.86. The van der Waals surface area contributed by atoms with Crippen molar-refractivity contribution in [3.8, 4) is 0 Å². The number of nitrogens with zero attached hydrogens (tertiary/aromatic N) is 1. The number of benzene rings is 1. The van der Waals surface area contributed by atoms with Crippen molar-refractivity contribution >= 4 is 43.8 Å². The van der Waals surface area contributed by atoms with Gasteiger partial charge >= 0.3 is 6.18 Å². The molecule has 20 heavy (non-hydrogen) atoms. The van der Waals surface area contributed by atoms with Gasteiger partial charge in [0, 0.05) is 6.07 Å². The van der Waals surface area contributed by atoms with Gasteiger partial charge < -0.3 is 4.42 Å². The number of rotatable bonds is 3. The van der Waals surface area contributed by atoms with E-state index in [0.29, 0.717) is 16.1 Å². The molecule has 0 radical (unpaired) electrons. The SMILES string of the molecule is FC(F)(F)c1ccc(N/N=C/c2cc(Br)c(Br)o2)cc1. The van der Waals surface area contributed by atoms with Crippen LogP contribution in [0.25, 0.3) is 0 Å². The van der Waals surface area contributed by atoms with E-state index in [0.717, 1.165) is 16.6 Å². The van der Waals surface area contributed by atoms with E-state index < -0.39 is 11.7 Å². The van der Waals surface area contributed by atoms with Gasteiger partial charge in [0.05, 0.1) is 21.9 Å². The zero-order chi connectivity index (χ0) is 14.8. The molecule has 1 N–H and O–H groups in total.